The molecular formula is C21H32FN3O3. The van der Waals surface area contributed by atoms with Gasteiger partial charge in [-0.3, -0.25) is 9.59 Å². The summed E-state index contributed by atoms with van der Waals surface area (Å²) in [6.45, 7) is 6.64. The molecule has 0 aromatic heterocycles. The van der Waals surface area contributed by atoms with Crippen molar-refractivity contribution in [3.63, 3.8) is 0 Å². The molecule has 1 aromatic rings. The number of carbonyl (C=O) groups is 2. The molecule has 2 amide bonds. The van der Waals surface area contributed by atoms with E-state index in [1.165, 1.54) is 19.2 Å². The van der Waals surface area contributed by atoms with Crippen LogP contribution in [0.1, 0.15) is 37.0 Å². The van der Waals surface area contributed by atoms with Gasteiger partial charge in [0, 0.05) is 38.2 Å². The molecule has 1 N–H and O–H groups in total. The van der Waals surface area contributed by atoms with Crippen LogP contribution in [0.4, 0.5) is 4.39 Å². The molecule has 0 aliphatic carbocycles. The van der Waals surface area contributed by atoms with Gasteiger partial charge in [-0.1, -0.05) is 13.8 Å². The zero-order chi connectivity index (χ0) is 20.9. The van der Waals surface area contributed by atoms with Crippen molar-refractivity contribution in [2.75, 3.05) is 47.4 Å². The van der Waals surface area contributed by atoms with Gasteiger partial charge in [-0.15, -0.1) is 0 Å². The van der Waals surface area contributed by atoms with Crippen LogP contribution in [0.25, 0.3) is 0 Å². The third kappa shape index (κ3) is 5.92. The van der Waals surface area contributed by atoms with Gasteiger partial charge >= 0.3 is 0 Å². The Bertz CT molecular complexity index is 698. The van der Waals surface area contributed by atoms with Crippen molar-refractivity contribution in [1.29, 1.82) is 0 Å². The largest absolute Gasteiger partial charge is 0.497 e. The van der Waals surface area contributed by atoms with E-state index in [2.05, 4.69) is 24.1 Å². The van der Waals surface area contributed by atoms with E-state index >= 15 is 0 Å². The summed E-state index contributed by atoms with van der Waals surface area (Å²) in [7, 11) is 5.48. The van der Waals surface area contributed by atoms with Crippen molar-refractivity contribution >= 4 is 11.8 Å². The number of carbonyl (C=O) groups excluding carboxylic acids is 2. The minimum absolute atomic E-state index is 0.0122. The van der Waals surface area contributed by atoms with Crippen molar-refractivity contribution in [3.05, 3.63) is 29.6 Å². The Labute approximate surface area is 167 Å². The number of ether oxygens (including phenoxy) is 1. The maximum atomic E-state index is 14.2. The summed E-state index contributed by atoms with van der Waals surface area (Å²) in [4.78, 5) is 28.8. The summed E-state index contributed by atoms with van der Waals surface area (Å²) in [6.07, 6.45) is 1.17. The molecule has 156 valence electrons. The average molecular weight is 394 g/mol. The Balaban J connectivity index is 1.86. The second kappa shape index (κ2) is 9.37. The molecule has 0 unspecified atom stereocenters. The second-order valence-corrected chi connectivity index (χ2v) is 8.53. The zero-order valence-electron chi connectivity index (χ0n) is 17.5. The lowest BCUT2D eigenvalue weighted by Crippen LogP contribution is -2.46. The molecule has 0 saturated carbocycles. The number of rotatable bonds is 7. The van der Waals surface area contributed by atoms with Crippen LogP contribution in [0.15, 0.2) is 18.2 Å². The minimum Gasteiger partial charge on any atom is -0.497 e. The van der Waals surface area contributed by atoms with Gasteiger partial charge < -0.3 is 19.9 Å². The Morgan fingerprint density at radius 1 is 1.29 bits per heavy atom. The van der Waals surface area contributed by atoms with Crippen LogP contribution in [-0.2, 0) is 4.79 Å². The van der Waals surface area contributed by atoms with Crippen LogP contribution < -0.4 is 10.1 Å². The molecule has 0 bridgehead atoms. The number of amides is 2. The van der Waals surface area contributed by atoms with Crippen LogP contribution in [0.2, 0.25) is 0 Å². The van der Waals surface area contributed by atoms with E-state index in [1.807, 2.05) is 14.1 Å². The molecule has 1 fully saturated rings. The van der Waals surface area contributed by atoms with Crippen molar-refractivity contribution < 1.29 is 18.7 Å². The predicted octanol–water partition coefficient (Wildman–Crippen LogP) is 2.39. The summed E-state index contributed by atoms with van der Waals surface area (Å²) < 4.78 is 19.1. The summed E-state index contributed by atoms with van der Waals surface area (Å²) in [5.74, 6) is -0.630. The van der Waals surface area contributed by atoms with Crippen molar-refractivity contribution in [3.8, 4) is 5.75 Å². The van der Waals surface area contributed by atoms with Crippen molar-refractivity contribution in [2.45, 2.75) is 26.7 Å². The molecule has 2 rings (SSSR count). The summed E-state index contributed by atoms with van der Waals surface area (Å²) in [5.41, 5.74) is 0.0241. The lowest BCUT2D eigenvalue weighted by atomic mass is 9.91. The summed E-state index contributed by atoms with van der Waals surface area (Å²) in [6, 6.07) is 4.23. The third-order valence-corrected chi connectivity index (χ3v) is 5.05. The fourth-order valence-corrected chi connectivity index (χ4v) is 3.69. The van der Waals surface area contributed by atoms with Gasteiger partial charge in [-0.2, -0.15) is 0 Å². The highest BCUT2D eigenvalue weighted by atomic mass is 19.1. The Morgan fingerprint density at radius 2 is 1.93 bits per heavy atom. The van der Waals surface area contributed by atoms with Gasteiger partial charge in [0.2, 0.25) is 5.91 Å². The molecule has 1 aromatic carbocycles. The van der Waals surface area contributed by atoms with Gasteiger partial charge in [-0.25, -0.2) is 4.39 Å². The van der Waals surface area contributed by atoms with E-state index in [0.29, 0.717) is 38.2 Å². The maximum absolute atomic E-state index is 14.2. The first kappa shape index (κ1) is 22.1. The van der Waals surface area contributed by atoms with Gasteiger partial charge in [0.05, 0.1) is 12.7 Å². The molecule has 28 heavy (non-hydrogen) atoms. The smallest absolute Gasteiger partial charge is 0.256 e. The molecule has 0 atom stereocenters. The van der Waals surface area contributed by atoms with Gasteiger partial charge in [0.1, 0.15) is 11.6 Å². The Morgan fingerprint density at radius 3 is 2.46 bits per heavy atom. The van der Waals surface area contributed by atoms with E-state index < -0.39 is 5.82 Å². The topological polar surface area (TPSA) is 61.9 Å². The minimum atomic E-state index is -0.590. The molecule has 6 nitrogen and oxygen atoms in total. The molecule has 0 spiro atoms. The number of nitrogens with one attached hydrogen (secondary N) is 1. The number of hydrogen-bond donors (Lipinski definition) is 1. The molecular weight excluding hydrogens is 361 g/mol. The number of methoxy groups -OCH3 is 1. The molecule has 0 radical (unpaired) electrons. The zero-order valence-corrected chi connectivity index (χ0v) is 17.5. The quantitative estimate of drug-likeness (QED) is 0.773. The van der Waals surface area contributed by atoms with Gasteiger partial charge in [0.15, 0.2) is 0 Å². The maximum Gasteiger partial charge on any atom is 0.256 e. The lowest BCUT2D eigenvalue weighted by Gasteiger charge is -2.33. The molecule has 1 heterocycles. The molecule has 7 heteroatoms. The first-order chi connectivity index (χ1) is 13.1. The van der Waals surface area contributed by atoms with Crippen LogP contribution in [0, 0.1) is 17.2 Å². The molecule has 1 aliphatic heterocycles. The standard InChI is InChI=1S/C21H32FN3O3/c1-21(2,14-24(3)4)13-23-19(26)15-8-10-25(11-9-15)20(27)17-7-6-16(28-5)12-18(17)22/h6-7,12,15H,8-11,13-14H2,1-5H3,(H,23,26). The van der Waals surface area contributed by atoms with Crippen LogP contribution >= 0.6 is 0 Å². The fraction of sp³-hybridized carbons (Fsp3) is 0.619. The highest BCUT2D eigenvalue weighted by molar-refractivity contribution is 5.94. The number of nitrogens with zero attached hydrogens (tertiary/aromatic N) is 2. The third-order valence-electron chi connectivity index (χ3n) is 5.05. The van der Waals surface area contributed by atoms with E-state index in [1.54, 1.807) is 11.0 Å². The highest BCUT2D eigenvalue weighted by Crippen LogP contribution is 2.23. The first-order valence-corrected chi connectivity index (χ1v) is 9.68. The van der Waals surface area contributed by atoms with Crippen LogP contribution in [0.5, 0.6) is 5.75 Å². The monoisotopic (exact) mass is 393 g/mol. The number of piperidine rings is 1. The lowest BCUT2D eigenvalue weighted by molar-refractivity contribution is -0.126. The van der Waals surface area contributed by atoms with Crippen molar-refractivity contribution in [1.82, 2.24) is 15.1 Å². The number of likely N-dealkylation sites (tertiary alicyclic amines) is 1. The van der Waals surface area contributed by atoms with E-state index in [-0.39, 0.29) is 28.7 Å². The van der Waals surface area contributed by atoms with Crippen LogP contribution in [0.3, 0.4) is 0 Å². The fourth-order valence-electron chi connectivity index (χ4n) is 3.69. The van der Waals surface area contributed by atoms with E-state index in [9.17, 15) is 14.0 Å². The SMILES string of the molecule is COc1ccc(C(=O)N2CCC(C(=O)NCC(C)(C)CN(C)C)CC2)c(F)c1. The predicted molar refractivity (Wildman–Crippen MR) is 107 cm³/mol. The molecule has 1 saturated heterocycles. The van der Waals surface area contributed by atoms with Crippen molar-refractivity contribution in [2.24, 2.45) is 11.3 Å². The number of benzene rings is 1. The Hall–Kier alpha value is -2.15. The summed E-state index contributed by atoms with van der Waals surface area (Å²) in [5, 5.41) is 3.05. The van der Waals surface area contributed by atoms with Crippen LogP contribution in [-0.4, -0.2) is 69.0 Å². The number of halogens is 1. The first-order valence-electron chi connectivity index (χ1n) is 9.68. The second-order valence-electron chi connectivity index (χ2n) is 8.53. The normalized spacial score (nSPS) is 15.6. The van der Waals surface area contributed by atoms with E-state index in [4.69, 9.17) is 4.74 Å². The van der Waals surface area contributed by atoms with E-state index in [0.717, 1.165) is 6.54 Å². The highest BCUT2D eigenvalue weighted by Gasteiger charge is 2.30. The van der Waals surface area contributed by atoms with Gasteiger partial charge in [0.25, 0.3) is 5.91 Å². The Kier molecular flexibility index (Phi) is 7.41. The average Bonchev–Trinajstić information content (AvgIpc) is 2.64. The summed E-state index contributed by atoms with van der Waals surface area (Å²) >= 11 is 0. The number of hydrogen-bond acceptors (Lipinski definition) is 4. The molecule has 1 aliphatic rings. The van der Waals surface area contributed by atoms with Gasteiger partial charge in [-0.05, 0) is 44.5 Å².